The van der Waals surface area contributed by atoms with Gasteiger partial charge in [0.25, 0.3) is 0 Å². The number of ether oxygens (including phenoxy) is 2. The maximum Gasteiger partial charge on any atom is 0.472 e. The van der Waals surface area contributed by atoms with E-state index in [0.717, 1.165) is 7.11 Å². The van der Waals surface area contributed by atoms with Crippen LogP contribution >= 0.6 is 15.6 Å². The molecule has 0 aliphatic rings. The second-order valence-electron chi connectivity index (χ2n) is 5.46. The number of hydrogen-bond acceptors (Lipinski definition) is 9. The van der Waals surface area contributed by atoms with E-state index in [4.69, 9.17) is 34.2 Å². The molecule has 0 aromatic rings. The lowest BCUT2D eigenvalue weighted by Crippen LogP contribution is -2.38. The highest BCUT2D eigenvalue weighted by Crippen LogP contribution is 2.47. The van der Waals surface area contributed by atoms with Crippen LogP contribution < -0.4 is 0 Å². The maximum atomic E-state index is 13.2. The molecular weight excluding hydrogens is 423 g/mol. The zero-order chi connectivity index (χ0) is 22.0. The maximum absolute atomic E-state index is 13.2. The van der Waals surface area contributed by atoms with Gasteiger partial charge in [-0.15, -0.1) is 0 Å². The van der Waals surface area contributed by atoms with Crippen LogP contribution in [0.3, 0.4) is 0 Å². The monoisotopic (exact) mass is 448 g/mol. The molecule has 28 heavy (non-hydrogen) atoms. The summed E-state index contributed by atoms with van der Waals surface area (Å²) in [6.07, 6.45) is -5.31. The van der Waals surface area contributed by atoms with Crippen LogP contribution in [-0.4, -0.2) is 94.5 Å². The van der Waals surface area contributed by atoms with E-state index in [0.29, 0.717) is 0 Å². The number of hydrogen-bond donors (Lipinski definition) is 3. The molecule has 0 saturated heterocycles. The minimum Gasteiger partial charge on any atom is -0.394 e. The normalized spacial score (nSPS) is 21.8. The van der Waals surface area contributed by atoms with Crippen molar-refractivity contribution in [3.63, 3.8) is 0 Å². The number of phosphoric ester groups is 2. The van der Waals surface area contributed by atoms with Crippen molar-refractivity contribution in [3.8, 4) is 0 Å². The highest BCUT2D eigenvalue weighted by Gasteiger charge is 2.35. The van der Waals surface area contributed by atoms with Gasteiger partial charge >= 0.3 is 15.6 Å². The standard InChI is InChI=1S/C12H25B2FO11P2/c1-8(25-27(17,18)21-3)12(22-7-13)6-23-28(19,20)26-10(4-15)11(5-16)24-9(2)14/h8-12,16H,4-7H2,1-3H3,(H,17,18)(H,19,20)/t8-,9-,10?,11?,12?/m1/s1. The first-order chi connectivity index (χ1) is 12.9. The molecule has 0 rings (SSSR count). The lowest BCUT2D eigenvalue weighted by Gasteiger charge is -2.28. The lowest BCUT2D eigenvalue weighted by atomic mass is 10.0. The molecule has 5 unspecified atom stereocenters. The van der Waals surface area contributed by atoms with Gasteiger partial charge in [0.1, 0.15) is 40.7 Å². The largest absolute Gasteiger partial charge is 0.472 e. The smallest absolute Gasteiger partial charge is 0.394 e. The summed E-state index contributed by atoms with van der Waals surface area (Å²) in [5, 5.41) is 9.21. The topological polar surface area (TPSA) is 150 Å². The number of halogens is 1. The van der Waals surface area contributed by atoms with E-state index in [1.165, 1.54) is 13.8 Å². The Morgan fingerprint density at radius 2 is 1.68 bits per heavy atom. The molecule has 0 heterocycles. The fourth-order valence-electron chi connectivity index (χ4n) is 1.85. The molecule has 0 amide bonds. The summed E-state index contributed by atoms with van der Waals surface area (Å²) in [6, 6.07) is -0.899. The molecule has 0 spiro atoms. The molecule has 0 aliphatic carbocycles. The van der Waals surface area contributed by atoms with E-state index in [1.54, 1.807) is 0 Å². The van der Waals surface area contributed by atoms with Gasteiger partial charge in [-0.2, -0.15) is 0 Å². The van der Waals surface area contributed by atoms with Gasteiger partial charge in [-0.05, 0) is 13.8 Å². The molecule has 0 saturated carbocycles. The summed E-state index contributed by atoms with van der Waals surface area (Å²) in [5.41, 5.74) is 0. The molecule has 4 radical (unpaired) electrons. The van der Waals surface area contributed by atoms with Crippen molar-refractivity contribution >= 4 is 31.3 Å². The quantitative estimate of drug-likeness (QED) is 0.217. The molecule has 0 fully saturated rings. The van der Waals surface area contributed by atoms with Crippen molar-refractivity contribution in [2.24, 2.45) is 0 Å². The van der Waals surface area contributed by atoms with Gasteiger partial charge in [-0.3, -0.25) is 18.1 Å². The zero-order valence-electron chi connectivity index (χ0n) is 15.7. The van der Waals surface area contributed by atoms with Crippen LogP contribution in [-0.2, 0) is 36.7 Å². The van der Waals surface area contributed by atoms with Crippen LogP contribution in [0.2, 0.25) is 0 Å². The highest BCUT2D eigenvalue weighted by molar-refractivity contribution is 7.47. The third-order valence-corrected chi connectivity index (χ3v) is 5.24. The molecule has 0 aliphatic heterocycles. The van der Waals surface area contributed by atoms with Crippen molar-refractivity contribution in [2.45, 2.75) is 44.3 Å². The van der Waals surface area contributed by atoms with Gasteiger partial charge in [-0.1, -0.05) is 0 Å². The third kappa shape index (κ3) is 11.4. The first kappa shape index (κ1) is 28.2. The molecule has 0 aromatic heterocycles. The Bertz CT molecular complexity index is 530. The minimum atomic E-state index is -4.86. The van der Waals surface area contributed by atoms with E-state index >= 15 is 0 Å². The van der Waals surface area contributed by atoms with E-state index in [9.17, 15) is 28.4 Å². The van der Waals surface area contributed by atoms with Gasteiger partial charge in [0.15, 0.2) is 0 Å². The van der Waals surface area contributed by atoms with Crippen molar-refractivity contribution in [3.05, 3.63) is 0 Å². The summed E-state index contributed by atoms with van der Waals surface area (Å²) in [7, 11) is 2.33. The van der Waals surface area contributed by atoms with Crippen molar-refractivity contribution < 1.29 is 56.0 Å². The molecular formula is C12H25B2FO11P2. The molecule has 16 heteroatoms. The summed E-state index contributed by atoms with van der Waals surface area (Å²) < 4.78 is 65.2. The number of rotatable bonds is 16. The third-order valence-electron chi connectivity index (χ3n) is 3.17. The zero-order valence-corrected chi connectivity index (χ0v) is 17.5. The van der Waals surface area contributed by atoms with Crippen LogP contribution in [0.4, 0.5) is 4.39 Å². The predicted molar refractivity (Wildman–Crippen MR) is 96.7 cm³/mol. The number of aliphatic hydroxyl groups is 1. The Morgan fingerprint density at radius 1 is 1.07 bits per heavy atom. The Morgan fingerprint density at radius 3 is 2.11 bits per heavy atom. The van der Waals surface area contributed by atoms with Crippen molar-refractivity contribution in [1.82, 2.24) is 0 Å². The number of aliphatic hydroxyl groups excluding tert-OH is 1. The summed E-state index contributed by atoms with van der Waals surface area (Å²) in [6.45, 7) is -0.353. The minimum absolute atomic E-state index is 0.372. The summed E-state index contributed by atoms with van der Waals surface area (Å²) in [5.74, 6) is 0. The Hall–Kier alpha value is 0.160. The fourth-order valence-corrected chi connectivity index (χ4v) is 3.42. The van der Waals surface area contributed by atoms with Crippen LogP contribution in [0.25, 0.3) is 0 Å². The highest BCUT2D eigenvalue weighted by atomic mass is 31.2. The first-order valence-electron chi connectivity index (χ1n) is 8.03. The van der Waals surface area contributed by atoms with E-state index in [2.05, 4.69) is 9.05 Å². The number of phosphoric acid groups is 2. The van der Waals surface area contributed by atoms with Gasteiger partial charge < -0.3 is 24.4 Å². The fraction of sp³-hybridized carbons (Fsp3) is 1.00. The average molecular weight is 448 g/mol. The van der Waals surface area contributed by atoms with Crippen LogP contribution in [0.1, 0.15) is 13.8 Å². The molecule has 7 atom stereocenters. The lowest BCUT2D eigenvalue weighted by molar-refractivity contribution is -0.0817. The van der Waals surface area contributed by atoms with Crippen molar-refractivity contribution in [2.75, 3.05) is 33.5 Å². The van der Waals surface area contributed by atoms with Gasteiger partial charge in [0.2, 0.25) is 0 Å². The summed E-state index contributed by atoms with van der Waals surface area (Å²) >= 11 is 0. The predicted octanol–water partition coefficient (Wildman–Crippen LogP) is 0.0132. The van der Waals surface area contributed by atoms with Gasteiger partial charge in [0.05, 0.1) is 19.3 Å². The SMILES string of the molecule is [B]COC(COP(=O)(O)OC(CF)C(CO)O[C@@H]([B])C)[C@@H](C)OP(=O)(O)OC. The van der Waals surface area contributed by atoms with Crippen LogP contribution in [0, 0.1) is 0 Å². The van der Waals surface area contributed by atoms with Crippen LogP contribution in [0.5, 0.6) is 0 Å². The van der Waals surface area contributed by atoms with Gasteiger partial charge in [-0.25, -0.2) is 13.5 Å². The second-order valence-corrected chi connectivity index (χ2v) is 8.38. The van der Waals surface area contributed by atoms with Crippen LogP contribution in [0.15, 0.2) is 0 Å². The first-order valence-corrected chi connectivity index (χ1v) is 11.0. The molecule has 0 aromatic carbocycles. The summed E-state index contributed by atoms with van der Waals surface area (Å²) in [4.78, 5) is 19.1. The van der Waals surface area contributed by atoms with E-state index in [1.807, 2.05) is 0 Å². The second kappa shape index (κ2) is 13.5. The molecule has 0 bridgehead atoms. The molecule has 162 valence electrons. The Labute approximate surface area is 165 Å². The van der Waals surface area contributed by atoms with E-state index < -0.39 is 66.0 Å². The Kier molecular flexibility index (Phi) is 13.5. The average Bonchev–Trinajstić information content (AvgIpc) is 2.60. The van der Waals surface area contributed by atoms with E-state index in [-0.39, 0.29) is 6.51 Å². The Balaban J connectivity index is 4.98. The van der Waals surface area contributed by atoms with Crippen molar-refractivity contribution in [1.29, 1.82) is 0 Å². The van der Waals surface area contributed by atoms with Gasteiger partial charge in [0, 0.05) is 19.6 Å². The number of alkyl halides is 1. The molecule has 11 nitrogen and oxygen atoms in total. The molecule has 3 N–H and O–H groups in total.